The zero-order chi connectivity index (χ0) is 14.4. The molecule has 20 heavy (non-hydrogen) atoms. The van der Waals surface area contributed by atoms with Crippen LogP contribution >= 0.6 is 0 Å². The first-order valence-corrected chi connectivity index (χ1v) is 7.00. The Bertz CT molecular complexity index is 429. The number of hydrogen-bond donors (Lipinski definition) is 4. The van der Waals surface area contributed by atoms with E-state index in [1.54, 1.807) is 7.11 Å². The predicted octanol–water partition coefficient (Wildman–Crippen LogP) is 0.981. The number of anilines is 2. The zero-order valence-electron chi connectivity index (χ0n) is 11.8. The molecule has 0 spiro atoms. The van der Waals surface area contributed by atoms with Gasteiger partial charge in [-0.1, -0.05) is 12.8 Å². The van der Waals surface area contributed by atoms with Crippen molar-refractivity contribution >= 4 is 11.6 Å². The minimum absolute atomic E-state index is 0.253. The van der Waals surface area contributed by atoms with Crippen LogP contribution in [0, 0.1) is 11.8 Å². The van der Waals surface area contributed by atoms with Gasteiger partial charge in [-0.3, -0.25) is 0 Å². The molecular formula is C13H23N5O2. The van der Waals surface area contributed by atoms with Crippen LogP contribution in [0.25, 0.3) is 0 Å². The van der Waals surface area contributed by atoms with Gasteiger partial charge in [-0.2, -0.15) is 0 Å². The molecule has 0 aromatic carbocycles. The van der Waals surface area contributed by atoms with Gasteiger partial charge >= 0.3 is 0 Å². The number of rotatable bonds is 6. The summed E-state index contributed by atoms with van der Waals surface area (Å²) < 4.78 is 5.28. The average Bonchev–Trinajstić information content (AvgIpc) is 2.52. The molecule has 7 nitrogen and oxygen atoms in total. The normalized spacial score (nSPS) is 22.4. The van der Waals surface area contributed by atoms with Crippen molar-refractivity contribution in [3.63, 3.8) is 0 Å². The summed E-state index contributed by atoms with van der Waals surface area (Å²) in [5.41, 5.74) is 2.49. The summed E-state index contributed by atoms with van der Waals surface area (Å²) in [4.78, 5) is 8.19. The van der Waals surface area contributed by atoms with Gasteiger partial charge in [0.05, 0.1) is 7.11 Å². The second-order valence-electron chi connectivity index (χ2n) is 5.12. The van der Waals surface area contributed by atoms with Gasteiger partial charge < -0.3 is 20.6 Å². The van der Waals surface area contributed by atoms with Crippen LogP contribution in [0.15, 0.2) is 6.33 Å². The Morgan fingerprint density at radius 3 is 2.65 bits per heavy atom. The van der Waals surface area contributed by atoms with Crippen LogP contribution in [0.4, 0.5) is 11.6 Å². The summed E-state index contributed by atoms with van der Waals surface area (Å²) >= 11 is 0. The second kappa shape index (κ2) is 7.25. The Labute approximate surface area is 118 Å². The lowest BCUT2D eigenvalue weighted by Crippen LogP contribution is -2.29. The Balaban J connectivity index is 2.03. The fourth-order valence-electron chi connectivity index (χ4n) is 2.82. The number of aliphatic hydroxyl groups excluding tert-OH is 1. The number of nitrogen functional groups attached to an aromatic ring is 1. The molecule has 1 saturated carbocycles. The first kappa shape index (κ1) is 14.8. The number of nitrogens with two attached hydrogens (primary N) is 1. The van der Waals surface area contributed by atoms with Gasteiger partial charge in [-0.15, -0.1) is 0 Å². The molecule has 0 radical (unpaired) electrons. The zero-order valence-corrected chi connectivity index (χ0v) is 11.8. The van der Waals surface area contributed by atoms with E-state index >= 15 is 0 Å². The highest BCUT2D eigenvalue weighted by Crippen LogP contribution is 2.32. The molecule has 0 amide bonds. The molecule has 1 aromatic rings. The summed E-state index contributed by atoms with van der Waals surface area (Å²) in [6.45, 7) is 1.02. The quantitative estimate of drug-likeness (QED) is 0.455. The van der Waals surface area contributed by atoms with Crippen molar-refractivity contribution in [3.05, 3.63) is 6.33 Å². The number of nitrogens with zero attached hydrogens (tertiary/aromatic N) is 2. The van der Waals surface area contributed by atoms with Gasteiger partial charge in [-0.05, 0) is 24.7 Å². The average molecular weight is 281 g/mol. The van der Waals surface area contributed by atoms with Crippen LogP contribution < -0.4 is 21.3 Å². The number of methoxy groups -OCH3 is 1. The number of aromatic nitrogens is 2. The summed E-state index contributed by atoms with van der Waals surface area (Å²) in [5, 5.41) is 12.7. The Kier molecular flexibility index (Phi) is 5.37. The highest BCUT2D eigenvalue weighted by atomic mass is 16.5. The van der Waals surface area contributed by atoms with E-state index in [2.05, 4.69) is 20.7 Å². The van der Waals surface area contributed by atoms with Crippen molar-refractivity contribution in [3.8, 4) is 5.75 Å². The van der Waals surface area contributed by atoms with Crippen LogP contribution in [-0.4, -0.2) is 35.3 Å². The van der Waals surface area contributed by atoms with E-state index in [1.165, 1.54) is 19.2 Å². The summed E-state index contributed by atoms with van der Waals surface area (Å²) in [7, 11) is 1.56. The van der Waals surface area contributed by atoms with Crippen molar-refractivity contribution in [1.82, 2.24) is 9.97 Å². The molecule has 0 aliphatic heterocycles. The Morgan fingerprint density at radius 2 is 2.00 bits per heavy atom. The number of hydrazine groups is 1. The van der Waals surface area contributed by atoms with Crippen molar-refractivity contribution in [2.24, 2.45) is 17.7 Å². The molecule has 112 valence electrons. The largest absolute Gasteiger partial charge is 0.490 e. The smallest absolute Gasteiger partial charge is 0.205 e. The molecule has 2 unspecified atom stereocenters. The molecule has 5 N–H and O–H groups in total. The highest BCUT2D eigenvalue weighted by molar-refractivity contribution is 5.62. The lowest BCUT2D eigenvalue weighted by Gasteiger charge is -2.30. The molecule has 1 aliphatic carbocycles. The van der Waals surface area contributed by atoms with Gasteiger partial charge in [0, 0.05) is 13.2 Å². The number of hydrogen-bond acceptors (Lipinski definition) is 7. The second-order valence-corrected chi connectivity index (χ2v) is 5.12. The third kappa shape index (κ3) is 3.29. The molecule has 1 aromatic heterocycles. The molecule has 2 atom stereocenters. The third-order valence-electron chi connectivity index (χ3n) is 3.98. The van der Waals surface area contributed by atoms with E-state index in [1.807, 2.05) is 0 Å². The van der Waals surface area contributed by atoms with E-state index in [-0.39, 0.29) is 6.61 Å². The minimum atomic E-state index is 0.253. The first-order chi connectivity index (χ1) is 9.80. The van der Waals surface area contributed by atoms with E-state index in [4.69, 9.17) is 10.6 Å². The van der Waals surface area contributed by atoms with Crippen LogP contribution in [-0.2, 0) is 0 Å². The van der Waals surface area contributed by atoms with Crippen molar-refractivity contribution in [2.75, 3.05) is 31.0 Å². The summed E-state index contributed by atoms with van der Waals surface area (Å²) in [6.07, 6.45) is 6.09. The van der Waals surface area contributed by atoms with Gasteiger partial charge in [0.2, 0.25) is 5.75 Å². The molecule has 0 saturated heterocycles. The van der Waals surface area contributed by atoms with E-state index in [0.29, 0.717) is 29.2 Å². The molecule has 0 bridgehead atoms. The van der Waals surface area contributed by atoms with Gasteiger partial charge in [0.1, 0.15) is 6.33 Å². The highest BCUT2D eigenvalue weighted by Gasteiger charge is 2.24. The number of nitrogens with one attached hydrogen (secondary N) is 2. The van der Waals surface area contributed by atoms with E-state index < -0.39 is 0 Å². The minimum Gasteiger partial charge on any atom is -0.490 e. The predicted molar refractivity (Wildman–Crippen MR) is 77.4 cm³/mol. The summed E-state index contributed by atoms with van der Waals surface area (Å²) in [5.74, 6) is 7.81. The van der Waals surface area contributed by atoms with Crippen molar-refractivity contribution < 1.29 is 9.84 Å². The van der Waals surface area contributed by atoms with Crippen molar-refractivity contribution in [2.45, 2.75) is 25.7 Å². The van der Waals surface area contributed by atoms with Gasteiger partial charge in [0.25, 0.3) is 0 Å². The van der Waals surface area contributed by atoms with Crippen molar-refractivity contribution in [1.29, 1.82) is 0 Å². The number of ether oxygens (including phenoxy) is 1. The van der Waals surface area contributed by atoms with Gasteiger partial charge in [-0.25, -0.2) is 15.8 Å². The molecule has 7 heteroatoms. The Morgan fingerprint density at radius 1 is 1.30 bits per heavy atom. The van der Waals surface area contributed by atoms with Crippen LogP contribution in [0.5, 0.6) is 5.75 Å². The maximum Gasteiger partial charge on any atom is 0.205 e. The van der Waals surface area contributed by atoms with Crippen LogP contribution in [0.1, 0.15) is 25.7 Å². The monoisotopic (exact) mass is 281 g/mol. The molecule has 2 rings (SSSR count). The molecule has 1 fully saturated rings. The Hall–Kier alpha value is -1.60. The van der Waals surface area contributed by atoms with E-state index in [9.17, 15) is 5.11 Å². The topological polar surface area (TPSA) is 105 Å². The van der Waals surface area contributed by atoms with E-state index in [0.717, 1.165) is 19.4 Å². The SMILES string of the molecule is COc1c(NN)ncnc1NCC1CCCCC1CO. The fourth-order valence-corrected chi connectivity index (χ4v) is 2.82. The molecule has 1 heterocycles. The fraction of sp³-hybridized carbons (Fsp3) is 0.692. The van der Waals surface area contributed by atoms with Crippen LogP contribution in [0.3, 0.4) is 0 Å². The lowest BCUT2D eigenvalue weighted by atomic mass is 9.79. The van der Waals surface area contributed by atoms with Crippen LogP contribution in [0.2, 0.25) is 0 Å². The maximum absolute atomic E-state index is 9.44. The van der Waals surface area contributed by atoms with Gasteiger partial charge in [0.15, 0.2) is 11.6 Å². The lowest BCUT2D eigenvalue weighted by molar-refractivity contribution is 0.141. The molecule has 1 aliphatic rings. The number of aliphatic hydroxyl groups is 1. The maximum atomic E-state index is 9.44. The standard InChI is InChI=1S/C13H23N5O2/c1-20-11-12(16-8-17-13(11)18-14)15-6-9-4-2-3-5-10(9)7-19/h8-10,19H,2-7,14H2,1H3,(H2,15,16,17,18). The molecular weight excluding hydrogens is 258 g/mol. The summed E-state index contributed by atoms with van der Waals surface area (Å²) in [6, 6.07) is 0. The first-order valence-electron chi connectivity index (χ1n) is 7.00. The third-order valence-corrected chi connectivity index (χ3v) is 3.98.